The fourth-order valence-electron chi connectivity index (χ4n) is 4.37. The monoisotopic (exact) mass is 432 g/mol. The smallest absolute Gasteiger partial charge is 0.220 e. The van der Waals surface area contributed by atoms with E-state index in [4.69, 9.17) is 10.7 Å². The third-order valence-corrected chi connectivity index (χ3v) is 6.24. The number of guanidine groups is 1. The lowest BCUT2D eigenvalue weighted by Crippen LogP contribution is -2.52. The van der Waals surface area contributed by atoms with E-state index in [9.17, 15) is 9.18 Å². The second kappa shape index (κ2) is 11.9. The highest BCUT2D eigenvalue weighted by Crippen LogP contribution is 2.20. The van der Waals surface area contributed by atoms with Crippen molar-refractivity contribution in [3.8, 4) is 0 Å². The summed E-state index contributed by atoms with van der Waals surface area (Å²) in [5, 5.41) is 3.40. The Morgan fingerprint density at radius 3 is 2.48 bits per heavy atom. The molecule has 8 heteroatoms. The minimum atomic E-state index is -0.157. The first-order valence-corrected chi connectivity index (χ1v) is 11.6. The number of amides is 1. The molecule has 2 saturated heterocycles. The summed E-state index contributed by atoms with van der Waals surface area (Å²) in [6.07, 6.45) is 3.92. The van der Waals surface area contributed by atoms with Gasteiger partial charge in [0.1, 0.15) is 5.82 Å². The van der Waals surface area contributed by atoms with Gasteiger partial charge in [-0.3, -0.25) is 9.79 Å². The van der Waals surface area contributed by atoms with Crippen molar-refractivity contribution in [2.24, 2.45) is 16.6 Å². The summed E-state index contributed by atoms with van der Waals surface area (Å²) in [7, 11) is 0. The van der Waals surface area contributed by atoms with Gasteiger partial charge in [-0.2, -0.15) is 0 Å². The molecule has 0 aromatic heterocycles. The SMILES string of the molecule is CCNC(=NCCCCN1CCC(C(N)=O)CC1)N1CCN(c2ccccc2F)CC1. The van der Waals surface area contributed by atoms with E-state index in [-0.39, 0.29) is 17.6 Å². The number of halogens is 1. The van der Waals surface area contributed by atoms with E-state index in [2.05, 4.69) is 26.9 Å². The van der Waals surface area contributed by atoms with Crippen LogP contribution in [0, 0.1) is 11.7 Å². The molecule has 2 fully saturated rings. The van der Waals surface area contributed by atoms with Crippen LogP contribution < -0.4 is 16.0 Å². The number of nitrogens with zero attached hydrogens (tertiary/aromatic N) is 4. The van der Waals surface area contributed by atoms with Crippen molar-refractivity contribution in [2.75, 3.05) is 63.8 Å². The molecule has 2 aliphatic heterocycles. The van der Waals surface area contributed by atoms with E-state index in [1.807, 2.05) is 12.1 Å². The van der Waals surface area contributed by atoms with Crippen LogP contribution >= 0.6 is 0 Å². The predicted molar refractivity (Wildman–Crippen MR) is 124 cm³/mol. The zero-order valence-electron chi connectivity index (χ0n) is 18.7. The van der Waals surface area contributed by atoms with Crippen LogP contribution in [-0.4, -0.2) is 80.6 Å². The number of nitrogens with two attached hydrogens (primary N) is 1. The molecule has 0 unspecified atom stereocenters. The number of likely N-dealkylation sites (tertiary alicyclic amines) is 1. The Labute approximate surface area is 185 Å². The molecule has 3 rings (SSSR count). The Kier molecular flexibility index (Phi) is 8.94. The number of para-hydroxylation sites is 1. The maximum Gasteiger partial charge on any atom is 0.220 e. The molecule has 172 valence electrons. The highest BCUT2D eigenvalue weighted by Gasteiger charge is 2.23. The van der Waals surface area contributed by atoms with Crippen molar-refractivity contribution in [3.63, 3.8) is 0 Å². The van der Waals surface area contributed by atoms with Gasteiger partial charge in [0.15, 0.2) is 5.96 Å². The maximum atomic E-state index is 14.1. The van der Waals surface area contributed by atoms with Gasteiger partial charge in [-0.25, -0.2) is 4.39 Å². The van der Waals surface area contributed by atoms with Gasteiger partial charge >= 0.3 is 0 Å². The zero-order chi connectivity index (χ0) is 22.1. The van der Waals surface area contributed by atoms with Crippen molar-refractivity contribution in [1.29, 1.82) is 0 Å². The number of piperazine rings is 1. The lowest BCUT2D eigenvalue weighted by Gasteiger charge is -2.37. The third-order valence-electron chi connectivity index (χ3n) is 6.24. The number of benzene rings is 1. The maximum absolute atomic E-state index is 14.1. The summed E-state index contributed by atoms with van der Waals surface area (Å²) in [6, 6.07) is 6.98. The first kappa shape index (κ1) is 23.3. The van der Waals surface area contributed by atoms with Gasteiger partial charge in [0.25, 0.3) is 0 Å². The summed E-state index contributed by atoms with van der Waals surface area (Å²) in [5.74, 6) is 0.704. The average Bonchev–Trinajstić information content (AvgIpc) is 2.79. The molecular weight excluding hydrogens is 395 g/mol. The largest absolute Gasteiger partial charge is 0.369 e. The Morgan fingerprint density at radius 2 is 1.84 bits per heavy atom. The summed E-state index contributed by atoms with van der Waals surface area (Å²) >= 11 is 0. The molecule has 2 aliphatic rings. The number of piperidine rings is 1. The van der Waals surface area contributed by atoms with Crippen LogP contribution in [-0.2, 0) is 4.79 Å². The Hall–Kier alpha value is -2.35. The number of unbranched alkanes of at least 4 members (excludes halogenated alkanes) is 1. The quantitative estimate of drug-likeness (QED) is 0.373. The van der Waals surface area contributed by atoms with Gasteiger partial charge in [0.05, 0.1) is 5.69 Å². The molecule has 3 N–H and O–H groups in total. The summed E-state index contributed by atoms with van der Waals surface area (Å²) in [6.45, 7) is 9.93. The molecule has 0 bridgehead atoms. The Morgan fingerprint density at radius 1 is 1.13 bits per heavy atom. The number of carbonyl (C=O) groups excluding carboxylic acids is 1. The highest BCUT2D eigenvalue weighted by molar-refractivity contribution is 5.80. The van der Waals surface area contributed by atoms with Crippen molar-refractivity contribution >= 4 is 17.6 Å². The number of aliphatic imine (C=N–C) groups is 1. The van der Waals surface area contributed by atoms with Gasteiger partial charge in [0.2, 0.25) is 5.91 Å². The van der Waals surface area contributed by atoms with Crippen LogP contribution in [0.15, 0.2) is 29.3 Å². The number of primary amides is 1. The number of hydrogen-bond donors (Lipinski definition) is 2. The van der Waals surface area contributed by atoms with Gasteiger partial charge in [-0.05, 0) is 64.4 Å². The van der Waals surface area contributed by atoms with Crippen molar-refractivity contribution in [3.05, 3.63) is 30.1 Å². The van der Waals surface area contributed by atoms with Gasteiger partial charge in [-0.1, -0.05) is 12.1 Å². The number of carbonyl (C=O) groups is 1. The van der Waals surface area contributed by atoms with Gasteiger partial charge < -0.3 is 25.8 Å². The van der Waals surface area contributed by atoms with E-state index < -0.39 is 0 Å². The van der Waals surface area contributed by atoms with Crippen LogP contribution in [0.3, 0.4) is 0 Å². The first-order chi connectivity index (χ1) is 15.1. The lowest BCUT2D eigenvalue weighted by molar-refractivity contribution is -0.123. The van der Waals surface area contributed by atoms with Crippen molar-refractivity contribution in [1.82, 2.24) is 15.1 Å². The van der Waals surface area contributed by atoms with Crippen LogP contribution in [0.1, 0.15) is 32.6 Å². The standard InChI is InChI=1S/C23H37FN6O/c1-2-26-23(27-11-5-6-12-28-13-9-19(10-14-28)22(25)31)30-17-15-29(16-18-30)21-8-4-3-7-20(21)24/h3-4,7-8,19H,2,5-6,9-18H2,1H3,(H2,25,31)(H,26,27). The fourth-order valence-corrected chi connectivity index (χ4v) is 4.37. The van der Waals surface area contributed by atoms with Gasteiger partial charge in [-0.15, -0.1) is 0 Å². The minimum absolute atomic E-state index is 0.0578. The summed E-state index contributed by atoms with van der Waals surface area (Å²) < 4.78 is 14.1. The average molecular weight is 433 g/mol. The van der Waals surface area contributed by atoms with Gasteiger partial charge in [0, 0.05) is 45.2 Å². The molecule has 2 heterocycles. The van der Waals surface area contributed by atoms with E-state index in [0.29, 0.717) is 5.69 Å². The van der Waals surface area contributed by atoms with E-state index in [1.165, 1.54) is 6.07 Å². The van der Waals surface area contributed by atoms with Crippen molar-refractivity contribution in [2.45, 2.75) is 32.6 Å². The molecule has 31 heavy (non-hydrogen) atoms. The number of rotatable bonds is 8. The molecule has 1 aromatic carbocycles. The van der Waals surface area contributed by atoms with Crippen molar-refractivity contribution < 1.29 is 9.18 Å². The fraction of sp³-hybridized carbons (Fsp3) is 0.652. The first-order valence-electron chi connectivity index (χ1n) is 11.6. The number of nitrogens with one attached hydrogen (secondary N) is 1. The van der Waals surface area contributed by atoms with E-state index >= 15 is 0 Å². The van der Waals surface area contributed by atoms with Crippen LogP contribution in [0.25, 0.3) is 0 Å². The Bertz CT molecular complexity index is 727. The third kappa shape index (κ3) is 6.82. The highest BCUT2D eigenvalue weighted by atomic mass is 19.1. The Balaban J connectivity index is 1.39. The van der Waals surface area contributed by atoms with E-state index in [1.54, 1.807) is 6.07 Å². The summed E-state index contributed by atoms with van der Waals surface area (Å²) in [4.78, 5) is 22.9. The van der Waals surface area contributed by atoms with Crippen LogP contribution in [0.5, 0.6) is 0 Å². The number of hydrogen-bond acceptors (Lipinski definition) is 4. The minimum Gasteiger partial charge on any atom is -0.369 e. The zero-order valence-corrected chi connectivity index (χ0v) is 18.7. The summed E-state index contributed by atoms with van der Waals surface area (Å²) in [5.41, 5.74) is 6.09. The second-order valence-corrected chi connectivity index (χ2v) is 8.39. The topological polar surface area (TPSA) is 77.2 Å². The molecule has 0 radical (unpaired) electrons. The second-order valence-electron chi connectivity index (χ2n) is 8.39. The molecule has 1 amide bonds. The van der Waals surface area contributed by atoms with Crippen LogP contribution in [0.2, 0.25) is 0 Å². The van der Waals surface area contributed by atoms with Crippen LogP contribution in [0.4, 0.5) is 10.1 Å². The molecule has 0 saturated carbocycles. The predicted octanol–water partition coefficient (Wildman–Crippen LogP) is 1.89. The van der Waals surface area contributed by atoms with E-state index in [0.717, 1.165) is 90.5 Å². The molecule has 7 nitrogen and oxygen atoms in total. The molecule has 0 spiro atoms. The lowest BCUT2D eigenvalue weighted by atomic mass is 9.96. The normalized spacial score (nSPS) is 19.0. The molecule has 0 atom stereocenters. The number of anilines is 1. The molecule has 1 aromatic rings. The molecular formula is C23H37FN6O. The molecule has 0 aliphatic carbocycles.